The van der Waals surface area contributed by atoms with Crippen LogP contribution < -0.4 is 20.9 Å². The number of esters is 1. The molecule has 3 aromatic rings. The van der Waals surface area contributed by atoms with Gasteiger partial charge in [-0.25, -0.2) is 13.9 Å². The average Bonchev–Trinajstić information content (AvgIpc) is 3.42. The van der Waals surface area contributed by atoms with Gasteiger partial charge in [-0.15, -0.1) is 0 Å². The number of H-pyrrole nitrogens is 1. The molecule has 1 aromatic carbocycles. The van der Waals surface area contributed by atoms with Crippen molar-refractivity contribution in [2.45, 2.75) is 57.2 Å². The summed E-state index contributed by atoms with van der Waals surface area (Å²) in [5, 5.41) is 13.3. The van der Waals surface area contributed by atoms with Gasteiger partial charge in [0.15, 0.2) is 23.6 Å². The summed E-state index contributed by atoms with van der Waals surface area (Å²) in [4.78, 5) is 34.7. The molecule has 1 aliphatic heterocycles. The van der Waals surface area contributed by atoms with Crippen molar-refractivity contribution in [1.82, 2.24) is 24.6 Å². The molecule has 0 bridgehead atoms. The minimum absolute atomic E-state index is 0.105. The number of aromatic amines is 1. The molecular formula is C23H30FN6O9P. The number of anilines is 1. The predicted molar refractivity (Wildman–Crippen MR) is 138 cm³/mol. The van der Waals surface area contributed by atoms with Crippen molar-refractivity contribution in [3.05, 3.63) is 47.0 Å². The number of aliphatic hydroxyl groups excluding tert-OH is 1. The van der Waals surface area contributed by atoms with Gasteiger partial charge in [0.25, 0.3) is 5.56 Å². The number of imidazole rings is 1. The molecule has 4 rings (SSSR count). The summed E-state index contributed by atoms with van der Waals surface area (Å²) in [7, 11) is -3.30. The molecule has 5 N–H and O–H groups in total. The summed E-state index contributed by atoms with van der Waals surface area (Å²) < 4.78 is 57.8. The number of hydrogen-bond donors (Lipinski definition) is 4. The van der Waals surface area contributed by atoms with Crippen LogP contribution in [0.4, 0.5) is 10.3 Å². The zero-order valence-electron chi connectivity index (χ0n) is 22.0. The van der Waals surface area contributed by atoms with Gasteiger partial charge in [0.2, 0.25) is 11.7 Å². The summed E-state index contributed by atoms with van der Waals surface area (Å²) in [6.45, 7) is 3.86. The first kappa shape index (κ1) is 29.6. The number of methoxy groups -OCH3 is 1. The van der Waals surface area contributed by atoms with Crippen LogP contribution in [0.25, 0.3) is 11.2 Å². The second-order valence-electron chi connectivity index (χ2n) is 9.20. The van der Waals surface area contributed by atoms with Gasteiger partial charge in [-0.2, -0.15) is 10.1 Å². The van der Waals surface area contributed by atoms with E-state index in [0.717, 1.165) is 18.0 Å². The Labute approximate surface area is 227 Å². The number of aliphatic hydroxyl groups is 1. The van der Waals surface area contributed by atoms with E-state index in [1.807, 2.05) is 0 Å². The molecule has 3 heterocycles. The van der Waals surface area contributed by atoms with Crippen LogP contribution in [0.5, 0.6) is 5.75 Å². The Morgan fingerprint density at radius 3 is 2.70 bits per heavy atom. The summed E-state index contributed by atoms with van der Waals surface area (Å²) in [5.74, 6) is -3.06. The lowest BCUT2D eigenvalue weighted by atomic mass is 10.1. The highest BCUT2D eigenvalue weighted by Crippen LogP contribution is 2.48. The fourth-order valence-electron chi connectivity index (χ4n) is 3.93. The number of rotatable bonds is 11. The summed E-state index contributed by atoms with van der Waals surface area (Å²) in [6.07, 6.45) is -5.07. The molecule has 1 fully saturated rings. The fourth-order valence-corrected chi connectivity index (χ4v) is 5.44. The van der Waals surface area contributed by atoms with Crippen molar-refractivity contribution in [3.8, 4) is 5.75 Å². The molecule has 17 heteroatoms. The number of nitrogens with one attached hydrogen (secondary N) is 2. The highest BCUT2D eigenvalue weighted by molar-refractivity contribution is 7.52. The van der Waals surface area contributed by atoms with E-state index in [2.05, 4.69) is 20.0 Å². The monoisotopic (exact) mass is 584 g/mol. The van der Waals surface area contributed by atoms with Crippen LogP contribution in [0.3, 0.4) is 0 Å². The topological polar surface area (TPSA) is 202 Å². The standard InChI is InChI=1S/C23H30FN6O9P/c1-12(2)37-21(33)13(3)29-40(34,39-14-8-6-5-7-9-14)36-10-23(35-4)17(31)15(24)20(38-23)30-11-26-16-18(30)27-22(25)28-19(16)32/h5-9,11-13,15,17,20,31H,10H2,1-4H3,(H,29,34)(H3,25,27,28,32). The van der Waals surface area contributed by atoms with Crippen LogP contribution >= 0.6 is 7.75 Å². The summed E-state index contributed by atoms with van der Waals surface area (Å²) in [5.41, 5.74) is 4.71. The number of carbonyl (C=O) groups is 1. The second kappa shape index (κ2) is 11.6. The molecule has 0 aliphatic carbocycles. The van der Waals surface area contributed by atoms with E-state index in [0.29, 0.717) is 0 Å². The van der Waals surface area contributed by atoms with E-state index >= 15 is 4.39 Å². The number of aromatic nitrogens is 4. The van der Waals surface area contributed by atoms with Crippen molar-refractivity contribution in [3.63, 3.8) is 0 Å². The van der Waals surface area contributed by atoms with Crippen LogP contribution in [0.1, 0.15) is 27.0 Å². The third kappa shape index (κ3) is 6.01. The van der Waals surface area contributed by atoms with E-state index < -0.39 is 62.3 Å². The number of para-hydroxylation sites is 1. The molecule has 6 unspecified atom stereocenters. The molecule has 40 heavy (non-hydrogen) atoms. The first-order valence-electron chi connectivity index (χ1n) is 12.1. The number of hydrogen-bond acceptors (Lipinski definition) is 12. The largest absolute Gasteiger partial charge is 0.462 e. The van der Waals surface area contributed by atoms with Gasteiger partial charge in [0.05, 0.1) is 12.4 Å². The molecular weight excluding hydrogens is 554 g/mol. The molecule has 15 nitrogen and oxygen atoms in total. The highest BCUT2D eigenvalue weighted by atomic mass is 31.2. The lowest BCUT2D eigenvalue weighted by Gasteiger charge is -2.32. The number of fused-ring (bicyclic) bond motifs is 1. The number of benzene rings is 1. The predicted octanol–water partition coefficient (Wildman–Crippen LogP) is 1.41. The highest BCUT2D eigenvalue weighted by Gasteiger charge is 2.58. The Bertz CT molecular complexity index is 1450. The van der Waals surface area contributed by atoms with Crippen molar-refractivity contribution < 1.29 is 42.1 Å². The van der Waals surface area contributed by atoms with Gasteiger partial charge in [-0.1, -0.05) is 18.2 Å². The van der Waals surface area contributed by atoms with Crippen LogP contribution in [-0.2, 0) is 28.1 Å². The second-order valence-corrected chi connectivity index (χ2v) is 10.9. The first-order chi connectivity index (χ1) is 18.9. The van der Waals surface area contributed by atoms with Crippen LogP contribution in [0.2, 0.25) is 0 Å². The van der Waals surface area contributed by atoms with Crippen molar-refractivity contribution in [2.75, 3.05) is 19.5 Å². The minimum atomic E-state index is -4.42. The van der Waals surface area contributed by atoms with Crippen molar-refractivity contribution in [2.24, 2.45) is 0 Å². The SMILES string of the molecule is COC1(COP(=O)(NC(C)C(=O)OC(C)C)Oc2ccccc2)OC(n2cnc3c(=O)[nH]c(N)nc32)C(F)C1O. The fraction of sp³-hybridized carbons (Fsp3) is 0.478. The van der Waals surface area contributed by atoms with E-state index in [1.165, 1.54) is 19.1 Å². The molecule has 1 saturated heterocycles. The third-order valence-corrected chi connectivity index (χ3v) is 7.50. The van der Waals surface area contributed by atoms with Crippen molar-refractivity contribution in [1.29, 1.82) is 0 Å². The average molecular weight is 584 g/mol. The lowest BCUT2D eigenvalue weighted by molar-refractivity contribution is -0.266. The number of halogens is 1. The molecule has 0 radical (unpaired) electrons. The zero-order valence-corrected chi connectivity index (χ0v) is 22.9. The Hall–Kier alpha value is -3.40. The Balaban J connectivity index is 1.60. The number of nitrogens with zero attached hydrogens (tertiary/aromatic N) is 3. The van der Waals surface area contributed by atoms with Gasteiger partial charge in [0, 0.05) is 7.11 Å². The van der Waals surface area contributed by atoms with Gasteiger partial charge in [-0.3, -0.25) is 23.7 Å². The van der Waals surface area contributed by atoms with Gasteiger partial charge >= 0.3 is 13.7 Å². The van der Waals surface area contributed by atoms with E-state index in [4.69, 9.17) is 29.0 Å². The van der Waals surface area contributed by atoms with Gasteiger partial charge in [-0.05, 0) is 32.9 Å². The molecule has 0 saturated carbocycles. The van der Waals surface area contributed by atoms with Crippen LogP contribution in [0, 0.1) is 0 Å². The van der Waals surface area contributed by atoms with Gasteiger partial charge < -0.3 is 29.6 Å². The number of nitrogen functional groups attached to an aromatic ring is 1. The number of alkyl halides is 1. The van der Waals surface area contributed by atoms with E-state index in [9.17, 15) is 19.3 Å². The Morgan fingerprint density at radius 2 is 2.05 bits per heavy atom. The summed E-state index contributed by atoms with van der Waals surface area (Å²) in [6, 6.07) is 6.79. The Kier molecular flexibility index (Phi) is 8.58. The molecule has 6 atom stereocenters. The number of ether oxygens (including phenoxy) is 3. The molecule has 2 aromatic heterocycles. The quantitative estimate of drug-likeness (QED) is 0.186. The minimum Gasteiger partial charge on any atom is -0.462 e. The normalized spacial score (nSPS) is 25.1. The van der Waals surface area contributed by atoms with Crippen LogP contribution in [-0.4, -0.2) is 74.5 Å². The first-order valence-corrected chi connectivity index (χ1v) is 13.7. The van der Waals surface area contributed by atoms with E-state index in [-0.39, 0.29) is 22.9 Å². The maximum absolute atomic E-state index is 15.5. The number of nitrogens with two attached hydrogens (primary N) is 1. The number of carbonyl (C=O) groups excluding carboxylic acids is 1. The van der Waals surface area contributed by atoms with Gasteiger partial charge in [0.1, 0.15) is 24.5 Å². The molecule has 0 spiro atoms. The smallest absolute Gasteiger partial charge is 0.459 e. The maximum Gasteiger partial charge on any atom is 0.459 e. The van der Waals surface area contributed by atoms with Crippen molar-refractivity contribution >= 4 is 30.8 Å². The lowest BCUT2D eigenvalue weighted by Crippen LogP contribution is -2.48. The van der Waals surface area contributed by atoms with E-state index in [1.54, 1.807) is 32.0 Å². The summed E-state index contributed by atoms with van der Waals surface area (Å²) >= 11 is 0. The Morgan fingerprint density at radius 1 is 1.35 bits per heavy atom. The third-order valence-electron chi connectivity index (χ3n) is 5.88. The molecule has 0 amide bonds. The zero-order chi connectivity index (χ0) is 29.2. The molecule has 218 valence electrons. The molecule has 1 aliphatic rings. The maximum atomic E-state index is 15.5. The van der Waals surface area contributed by atoms with Crippen LogP contribution in [0.15, 0.2) is 41.5 Å².